The van der Waals surface area contributed by atoms with Gasteiger partial charge < -0.3 is 10.6 Å². The maximum absolute atomic E-state index is 11.7. The molecule has 0 aromatic heterocycles. The van der Waals surface area contributed by atoms with Gasteiger partial charge in [-0.2, -0.15) is 0 Å². The minimum atomic E-state index is -0.197. The van der Waals surface area contributed by atoms with Crippen LogP contribution in [-0.4, -0.2) is 18.3 Å². The molecule has 17 heavy (non-hydrogen) atoms. The number of urea groups is 1. The van der Waals surface area contributed by atoms with E-state index in [4.69, 9.17) is 11.6 Å². The Bertz CT molecular complexity index is 398. The van der Waals surface area contributed by atoms with Crippen LogP contribution in [0.5, 0.6) is 0 Å². The summed E-state index contributed by atoms with van der Waals surface area (Å²) >= 11 is 7.48. The number of carbonyl (C=O) groups is 1. The third-order valence-electron chi connectivity index (χ3n) is 2.40. The predicted octanol–water partition coefficient (Wildman–Crippen LogP) is 3.98. The summed E-state index contributed by atoms with van der Waals surface area (Å²) in [6.45, 7) is 3.99. The third kappa shape index (κ3) is 4.48. The summed E-state index contributed by atoms with van der Waals surface area (Å²) in [5, 5.41) is 6.27. The SMILES string of the molecule is CCC(C)NC(=O)Nc1cc(Cl)ccc1SC. The van der Waals surface area contributed by atoms with Crippen LogP contribution in [0.3, 0.4) is 0 Å². The third-order valence-corrected chi connectivity index (χ3v) is 3.43. The van der Waals surface area contributed by atoms with Gasteiger partial charge >= 0.3 is 6.03 Å². The molecule has 1 atom stereocenters. The second-order valence-corrected chi connectivity index (χ2v) is 5.04. The van der Waals surface area contributed by atoms with Crippen LogP contribution in [0, 0.1) is 0 Å². The van der Waals surface area contributed by atoms with E-state index in [1.807, 2.05) is 32.2 Å². The van der Waals surface area contributed by atoms with Gasteiger partial charge in [0, 0.05) is 16.0 Å². The second kappa shape index (κ2) is 6.77. The topological polar surface area (TPSA) is 41.1 Å². The summed E-state index contributed by atoms with van der Waals surface area (Å²) < 4.78 is 0. The molecule has 1 aromatic carbocycles. The van der Waals surface area contributed by atoms with Crippen LogP contribution < -0.4 is 10.6 Å². The molecule has 2 N–H and O–H groups in total. The lowest BCUT2D eigenvalue weighted by Crippen LogP contribution is -2.35. The van der Waals surface area contributed by atoms with Gasteiger partial charge in [-0.1, -0.05) is 18.5 Å². The van der Waals surface area contributed by atoms with E-state index >= 15 is 0 Å². The quantitative estimate of drug-likeness (QED) is 0.814. The van der Waals surface area contributed by atoms with Crippen LogP contribution >= 0.6 is 23.4 Å². The van der Waals surface area contributed by atoms with Gasteiger partial charge in [0.15, 0.2) is 0 Å². The molecule has 1 aromatic rings. The number of anilines is 1. The van der Waals surface area contributed by atoms with Crippen molar-refractivity contribution < 1.29 is 4.79 Å². The summed E-state index contributed by atoms with van der Waals surface area (Å²) in [6, 6.07) is 5.42. The average molecular weight is 273 g/mol. The molecule has 0 aliphatic carbocycles. The maximum Gasteiger partial charge on any atom is 0.319 e. The molecular formula is C12H17ClN2OS. The largest absolute Gasteiger partial charge is 0.335 e. The number of carbonyl (C=O) groups excluding carboxylic acids is 1. The molecule has 1 unspecified atom stereocenters. The Morgan fingerprint density at radius 1 is 1.53 bits per heavy atom. The van der Waals surface area contributed by atoms with E-state index in [-0.39, 0.29) is 12.1 Å². The Balaban J connectivity index is 2.73. The van der Waals surface area contributed by atoms with Crippen molar-refractivity contribution in [2.24, 2.45) is 0 Å². The molecule has 0 spiro atoms. The molecule has 0 heterocycles. The lowest BCUT2D eigenvalue weighted by atomic mass is 10.3. The molecular weight excluding hydrogens is 256 g/mol. The minimum absolute atomic E-state index is 0.159. The number of halogens is 1. The highest BCUT2D eigenvalue weighted by Gasteiger charge is 2.08. The number of nitrogens with one attached hydrogen (secondary N) is 2. The van der Waals surface area contributed by atoms with E-state index in [1.54, 1.807) is 17.8 Å². The van der Waals surface area contributed by atoms with Crippen molar-refractivity contribution in [3.63, 3.8) is 0 Å². The number of hydrogen-bond donors (Lipinski definition) is 2. The molecule has 0 bridgehead atoms. The highest BCUT2D eigenvalue weighted by Crippen LogP contribution is 2.28. The summed E-state index contributed by atoms with van der Waals surface area (Å²) in [4.78, 5) is 12.7. The van der Waals surface area contributed by atoms with Crippen LogP contribution in [0.25, 0.3) is 0 Å². The lowest BCUT2D eigenvalue weighted by Gasteiger charge is -2.14. The van der Waals surface area contributed by atoms with Crippen LogP contribution in [0.2, 0.25) is 5.02 Å². The van der Waals surface area contributed by atoms with Crippen LogP contribution in [-0.2, 0) is 0 Å². The van der Waals surface area contributed by atoms with Gasteiger partial charge in [0.05, 0.1) is 5.69 Å². The van der Waals surface area contributed by atoms with E-state index in [0.717, 1.165) is 17.0 Å². The van der Waals surface area contributed by atoms with Gasteiger partial charge in [0.25, 0.3) is 0 Å². The first-order valence-corrected chi connectivity index (χ1v) is 7.08. The lowest BCUT2D eigenvalue weighted by molar-refractivity contribution is 0.249. The Labute approximate surface area is 111 Å². The van der Waals surface area contributed by atoms with Gasteiger partial charge in [-0.25, -0.2) is 4.79 Å². The predicted molar refractivity (Wildman–Crippen MR) is 75.1 cm³/mol. The summed E-state index contributed by atoms with van der Waals surface area (Å²) in [6.07, 6.45) is 2.86. The summed E-state index contributed by atoms with van der Waals surface area (Å²) in [5.74, 6) is 0. The average Bonchev–Trinajstić information content (AvgIpc) is 2.29. The van der Waals surface area contributed by atoms with Gasteiger partial charge in [-0.15, -0.1) is 11.8 Å². The fraction of sp³-hybridized carbons (Fsp3) is 0.417. The van der Waals surface area contributed by atoms with E-state index in [1.165, 1.54) is 0 Å². The Hall–Kier alpha value is -0.870. The van der Waals surface area contributed by atoms with Crippen LogP contribution in [0.1, 0.15) is 20.3 Å². The minimum Gasteiger partial charge on any atom is -0.335 e. The smallest absolute Gasteiger partial charge is 0.319 e. The number of benzene rings is 1. The van der Waals surface area contributed by atoms with Crippen molar-refractivity contribution in [1.29, 1.82) is 0 Å². The van der Waals surface area contributed by atoms with Gasteiger partial charge in [0.1, 0.15) is 0 Å². The van der Waals surface area contributed by atoms with Crippen molar-refractivity contribution in [3.05, 3.63) is 23.2 Å². The number of amides is 2. The first kappa shape index (κ1) is 14.2. The fourth-order valence-electron chi connectivity index (χ4n) is 1.26. The highest BCUT2D eigenvalue weighted by atomic mass is 35.5. The number of hydrogen-bond acceptors (Lipinski definition) is 2. The van der Waals surface area contributed by atoms with Crippen molar-refractivity contribution in [2.45, 2.75) is 31.2 Å². The maximum atomic E-state index is 11.7. The molecule has 3 nitrogen and oxygen atoms in total. The summed E-state index contributed by atoms with van der Waals surface area (Å²) in [5.41, 5.74) is 0.741. The fourth-order valence-corrected chi connectivity index (χ4v) is 1.97. The van der Waals surface area contributed by atoms with E-state index in [9.17, 15) is 4.79 Å². The van der Waals surface area contributed by atoms with Gasteiger partial charge in [-0.3, -0.25) is 0 Å². The molecule has 0 radical (unpaired) electrons. The number of thioether (sulfide) groups is 1. The molecule has 0 aliphatic rings. The van der Waals surface area contributed by atoms with E-state index in [2.05, 4.69) is 10.6 Å². The highest BCUT2D eigenvalue weighted by molar-refractivity contribution is 7.98. The number of rotatable bonds is 4. The van der Waals surface area contributed by atoms with Crippen molar-refractivity contribution in [1.82, 2.24) is 5.32 Å². The van der Waals surface area contributed by atoms with E-state index in [0.29, 0.717) is 5.02 Å². The van der Waals surface area contributed by atoms with Crippen LogP contribution in [0.15, 0.2) is 23.1 Å². The molecule has 0 saturated carbocycles. The summed E-state index contributed by atoms with van der Waals surface area (Å²) in [7, 11) is 0. The van der Waals surface area contributed by atoms with Crippen LogP contribution in [0.4, 0.5) is 10.5 Å². The molecule has 0 saturated heterocycles. The Morgan fingerprint density at radius 2 is 2.24 bits per heavy atom. The molecule has 5 heteroatoms. The normalized spacial score (nSPS) is 12.0. The molecule has 1 rings (SSSR count). The van der Waals surface area contributed by atoms with Gasteiger partial charge in [-0.05, 0) is 37.8 Å². The van der Waals surface area contributed by atoms with Crippen molar-refractivity contribution >= 4 is 35.1 Å². The monoisotopic (exact) mass is 272 g/mol. The molecule has 0 aliphatic heterocycles. The second-order valence-electron chi connectivity index (χ2n) is 3.75. The Kier molecular flexibility index (Phi) is 5.65. The molecule has 2 amide bonds. The Morgan fingerprint density at radius 3 is 2.82 bits per heavy atom. The molecule has 94 valence electrons. The first-order chi connectivity index (χ1) is 8.06. The first-order valence-electron chi connectivity index (χ1n) is 5.47. The van der Waals surface area contributed by atoms with Crippen molar-refractivity contribution in [2.75, 3.05) is 11.6 Å². The van der Waals surface area contributed by atoms with E-state index < -0.39 is 0 Å². The zero-order chi connectivity index (χ0) is 12.8. The zero-order valence-electron chi connectivity index (χ0n) is 10.2. The van der Waals surface area contributed by atoms with Crippen molar-refractivity contribution in [3.8, 4) is 0 Å². The molecule has 0 fully saturated rings. The zero-order valence-corrected chi connectivity index (χ0v) is 11.8. The van der Waals surface area contributed by atoms with Gasteiger partial charge in [0.2, 0.25) is 0 Å². The standard InChI is InChI=1S/C12H17ClN2OS/c1-4-8(2)14-12(16)15-10-7-9(13)5-6-11(10)17-3/h5-8H,4H2,1-3H3,(H2,14,15,16).